The van der Waals surface area contributed by atoms with Gasteiger partial charge in [0.2, 0.25) is 11.8 Å². The van der Waals surface area contributed by atoms with E-state index in [-0.39, 0.29) is 29.2 Å². The number of thioether (sulfide) groups is 1. The molecule has 0 aliphatic carbocycles. The normalized spacial score (nSPS) is 17.2. The summed E-state index contributed by atoms with van der Waals surface area (Å²) < 4.78 is 0. The van der Waals surface area contributed by atoms with Crippen molar-refractivity contribution in [3.8, 4) is 0 Å². The number of nitrogens with zero attached hydrogens (tertiary/aromatic N) is 1. The molecule has 0 aromatic heterocycles. The summed E-state index contributed by atoms with van der Waals surface area (Å²) in [5, 5.41) is 14.6. The number of benzene rings is 1. The van der Waals surface area contributed by atoms with Gasteiger partial charge in [-0.1, -0.05) is 23.9 Å². The molecule has 0 spiro atoms. The van der Waals surface area contributed by atoms with Crippen LogP contribution in [-0.4, -0.2) is 39.9 Å². The second kappa shape index (κ2) is 7.77. The van der Waals surface area contributed by atoms with E-state index < -0.39 is 5.97 Å². The fourth-order valence-electron chi connectivity index (χ4n) is 1.94. The number of hydrogen-bond donors (Lipinski definition) is 3. The molecule has 0 bridgehead atoms. The molecule has 8 heteroatoms. The largest absolute Gasteiger partial charge is 0.478 e. The van der Waals surface area contributed by atoms with Crippen molar-refractivity contribution in [2.75, 3.05) is 5.75 Å². The van der Waals surface area contributed by atoms with Gasteiger partial charge in [-0.05, 0) is 24.6 Å². The van der Waals surface area contributed by atoms with Crippen molar-refractivity contribution < 1.29 is 19.5 Å². The molecule has 0 radical (unpaired) electrons. The molecule has 1 aliphatic heterocycles. The third-order valence-corrected chi connectivity index (χ3v) is 3.98. The molecule has 122 valence electrons. The number of amides is 2. The molecule has 2 amide bonds. The van der Waals surface area contributed by atoms with Crippen molar-refractivity contribution in [1.82, 2.24) is 10.6 Å². The Morgan fingerprint density at radius 3 is 2.70 bits per heavy atom. The Labute approximate surface area is 137 Å². The quantitative estimate of drug-likeness (QED) is 0.744. The van der Waals surface area contributed by atoms with Crippen molar-refractivity contribution in [1.29, 1.82) is 0 Å². The Balaban J connectivity index is 1.77. The monoisotopic (exact) mass is 335 g/mol. The van der Waals surface area contributed by atoms with Crippen molar-refractivity contribution in [3.05, 3.63) is 35.4 Å². The van der Waals surface area contributed by atoms with Crippen LogP contribution in [0.1, 0.15) is 29.3 Å². The molecule has 1 aromatic rings. The summed E-state index contributed by atoms with van der Waals surface area (Å²) in [5.41, 5.74) is 1.01. The third kappa shape index (κ3) is 5.41. The van der Waals surface area contributed by atoms with Gasteiger partial charge in [-0.2, -0.15) is 0 Å². The van der Waals surface area contributed by atoms with Crippen LogP contribution in [0, 0.1) is 0 Å². The van der Waals surface area contributed by atoms with Crippen LogP contribution in [0.25, 0.3) is 0 Å². The molecule has 1 atom stereocenters. The average Bonchev–Trinajstić information content (AvgIpc) is 2.50. The van der Waals surface area contributed by atoms with E-state index in [1.54, 1.807) is 12.1 Å². The number of carbonyl (C=O) groups is 3. The lowest BCUT2D eigenvalue weighted by atomic mass is 10.1. The van der Waals surface area contributed by atoms with E-state index in [1.165, 1.54) is 23.9 Å². The van der Waals surface area contributed by atoms with Crippen molar-refractivity contribution in [2.45, 2.75) is 25.9 Å². The summed E-state index contributed by atoms with van der Waals surface area (Å²) in [5.74, 6) is -1.11. The Bertz CT molecular complexity index is 643. The van der Waals surface area contributed by atoms with Gasteiger partial charge in [-0.3, -0.25) is 14.6 Å². The Morgan fingerprint density at radius 2 is 2.09 bits per heavy atom. The van der Waals surface area contributed by atoms with Gasteiger partial charge < -0.3 is 15.7 Å². The summed E-state index contributed by atoms with van der Waals surface area (Å²) in [6, 6.07) is 6.23. The highest BCUT2D eigenvalue weighted by atomic mass is 32.2. The van der Waals surface area contributed by atoms with Gasteiger partial charge in [-0.25, -0.2) is 4.79 Å². The standard InChI is InChI=1S/C15H17N3O4S/c1-9-6-12(19)18-15(17-9)23-8-13(20)16-7-10-2-4-11(5-3-10)14(21)22/h2-5,9H,6-8H2,1H3,(H,16,20)(H,21,22)(H,17,18,19)/t9-/m1/s1. The van der Waals surface area contributed by atoms with Crippen LogP contribution in [-0.2, 0) is 16.1 Å². The maximum Gasteiger partial charge on any atom is 0.335 e. The maximum atomic E-state index is 11.8. The van der Waals surface area contributed by atoms with Crippen molar-refractivity contribution >= 4 is 34.7 Å². The SMILES string of the molecule is C[C@@H]1CC(=O)NC(SCC(=O)NCc2ccc(C(=O)O)cc2)=N1. The fraction of sp³-hybridized carbons (Fsp3) is 0.333. The first-order valence-electron chi connectivity index (χ1n) is 7.03. The second-order valence-electron chi connectivity index (χ2n) is 5.10. The minimum absolute atomic E-state index is 0.0675. The van der Waals surface area contributed by atoms with E-state index in [4.69, 9.17) is 5.11 Å². The first-order chi connectivity index (χ1) is 10.9. The van der Waals surface area contributed by atoms with Gasteiger partial charge in [0.1, 0.15) is 0 Å². The summed E-state index contributed by atoms with van der Waals surface area (Å²) in [4.78, 5) is 38.2. The molecular weight excluding hydrogens is 318 g/mol. The molecule has 0 saturated heterocycles. The Kier molecular flexibility index (Phi) is 5.75. The predicted molar refractivity (Wildman–Crippen MR) is 87.4 cm³/mol. The lowest BCUT2D eigenvalue weighted by molar-refractivity contribution is -0.120. The van der Waals surface area contributed by atoms with Crippen LogP contribution in [0.5, 0.6) is 0 Å². The average molecular weight is 335 g/mol. The second-order valence-corrected chi connectivity index (χ2v) is 6.07. The van der Waals surface area contributed by atoms with E-state index in [0.29, 0.717) is 18.1 Å². The summed E-state index contributed by atoms with van der Waals surface area (Å²) in [6.45, 7) is 2.16. The zero-order valence-electron chi connectivity index (χ0n) is 12.5. The smallest absolute Gasteiger partial charge is 0.335 e. The van der Waals surface area contributed by atoms with Gasteiger partial charge in [0.25, 0.3) is 0 Å². The van der Waals surface area contributed by atoms with Crippen LogP contribution in [0.3, 0.4) is 0 Å². The summed E-state index contributed by atoms with van der Waals surface area (Å²) in [7, 11) is 0. The summed E-state index contributed by atoms with van der Waals surface area (Å²) >= 11 is 1.18. The highest BCUT2D eigenvalue weighted by Gasteiger charge is 2.18. The molecule has 23 heavy (non-hydrogen) atoms. The van der Waals surface area contributed by atoms with Gasteiger partial charge in [-0.15, -0.1) is 0 Å². The highest BCUT2D eigenvalue weighted by molar-refractivity contribution is 8.14. The van der Waals surface area contributed by atoms with Gasteiger partial charge in [0.15, 0.2) is 5.17 Å². The van der Waals surface area contributed by atoms with Crippen LogP contribution in [0.4, 0.5) is 0 Å². The number of carboxylic acid groups (broad SMARTS) is 1. The zero-order valence-corrected chi connectivity index (χ0v) is 13.4. The molecule has 0 unspecified atom stereocenters. The highest BCUT2D eigenvalue weighted by Crippen LogP contribution is 2.11. The van der Waals surface area contributed by atoms with Crippen LogP contribution >= 0.6 is 11.8 Å². The maximum absolute atomic E-state index is 11.8. The van der Waals surface area contributed by atoms with Crippen molar-refractivity contribution in [3.63, 3.8) is 0 Å². The van der Waals surface area contributed by atoms with E-state index >= 15 is 0 Å². The number of aromatic carboxylic acids is 1. The van der Waals surface area contributed by atoms with Crippen LogP contribution in [0.2, 0.25) is 0 Å². The molecule has 1 aromatic carbocycles. The fourth-order valence-corrected chi connectivity index (χ4v) is 2.75. The van der Waals surface area contributed by atoms with Gasteiger partial charge in [0, 0.05) is 13.0 Å². The Morgan fingerprint density at radius 1 is 1.39 bits per heavy atom. The number of amidine groups is 1. The minimum Gasteiger partial charge on any atom is -0.478 e. The number of carboxylic acids is 1. The molecule has 1 aliphatic rings. The Hall–Kier alpha value is -2.35. The summed E-state index contributed by atoms with van der Waals surface area (Å²) in [6.07, 6.45) is 0.364. The van der Waals surface area contributed by atoms with E-state index in [0.717, 1.165) is 5.56 Å². The first kappa shape index (κ1) is 17.0. The number of hydrogen-bond acceptors (Lipinski definition) is 5. The predicted octanol–water partition coefficient (Wildman–Crippen LogP) is 0.999. The molecule has 0 saturated carbocycles. The number of carbonyl (C=O) groups excluding carboxylic acids is 2. The number of rotatable bonds is 5. The van der Waals surface area contributed by atoms with Crippen molar-refractivity contribution in [2.24, 2.45) is 4.99 Å². The molecule has 3 N–H and O–H groups in total. The van der Waals surface area contributed by atoms with E-state index in [9.17, 15) is 14.4 Å². The molecule has 1 heterocycles. The number of aliphatic imine (C=N–C) groups is 1. The van der Waals surface area contributed by atoms with Gasteiger partial charge >= 0.3 is 5.97 Å². The first-order valence-corrected chi connectivity index (χ1v) is 8.02. The zero-order chi connectivity index (χ0) is 16.8. The van der Waals surface area contributed by atoms with E-state index in [1.807, 2.05) is 6.92 Å². The minimum atomic E-state index is -0.985. The van der Waals surface area contributed by atoms with E-state index in [2.05, 4.69) is 15.6 Å². The topological polar surface area (TPSA) is 108 Å². The van der Waals surface area contributed by atoms with Gasteiger partial charge in [0.05, 0.1) is 17.4 Å². The molecule has 7 nitrogen and oxygen atoms in total. The third-order valence-electron chi connectivity index (χ3n) is 3.10. The van der Waals surface area contributed by atoms with Crippen LogP contribution in [0.15, 0.2) is 29.3 Å². The van der Waals surface area contributed by atoms with Crippen LogP contribution < -0.4 is 10.6 Å². The lowest BCUT2D eigenvalue weighted by Gasteiger charge is -2.17. The molecular formula is C15H17N3O4S. The lowest BCUT2D eigenvalue weighted by Crippen LogP contribution is -2.37. The molecule has 2 rings (SSSR count). The molecule has 0 fully saturated rings. The number of nitrogens with one attached hydrogen (secondary N) is 2.